The Morgan fingerprint density at radius 1 is 0.821 bits per heavy atom. The fourth-order valence-electron chi connectivity index (χ4n) is 3.29. The lowest BCUT2D eigenvalue weighted by atomic mass is 10.1. The number of anilines is 2. The van der Waals surface area contributed by atoms with Gasteiger partial charge in [-0.25, -0.2) is 0 Å². The number of benzene rings is 3. The Balaban J connectivity index is 1.59. The number of hydrogen-bond acceptors (Lipinski definition) is 4. The molecule has 0 aliphatic heterocycles. The van der Waals surface area contributed by atoms with Gasteiger partial charge in [0.1, 0.15) is 11.6 Å². The lowest BCUT2D eigenvalue weighted by Crippen LogP contribution is -1.98. The number of aromatic amines is 1. The number of fused-ring (bicyclic) bond motifs is 2. The molecule has 28 heavy (non-hydrogen) atoms. The topological polar surface area (TPSA) is 62.8 Å². The maximum absolute atomic E-state index is 6.04. The van der Waals surface area contributed by atoms with Crippen molar-refractivity contribution in [2.45, 2.75) is 6.92 Å². The van der Waals surface area contributed by atoms with E-state index in [4.69, 9.17) is 9.72 Å². The third-order valence-electron chi connectivity index (χ3n) is 4.64. The van der Waals surface area contributed by atoms with E-state index in [1.165, 1.54) is 0 Å². The van der Waals surface area contributed by atoms with E-state index in [1.807, 2.05) is 85.8 Å². The van der Waals surface area contributed by atoms with Gasteiger partial charge in [-0.2, -0.15) is 10.1 Å². The molecule has 2 heterocycles. The number of ether oxygens (including phenoxy) is 1. The number of aryl methyl sites for hydroxylation is 1. The second kappa shape index (κ2) is 6.70. The Hall–Kier alpha value is -3.86. The van der Waals surface area contributed by atoms with Gasteiger partial charge in [-0.3, -0.25) is 5.10 Å². The van der Waals surface area contributed by atoms with E-state index in [0.717, 1.165) is 38.8 Å². The summed E-state index contributed by atoms with van der Waals surface area (Å²) < 4.78 is 6.04. The minimum atomic E-state index is 0.534. The molecule has 2 N–H and O–H groups in total. The van der Waals surface area contributed by atoms with Crippen LogP contribution >= 0.6 is 0 Å². The molecule has 5 aromatic rings. The Kier molecular flexibility index (Phi) is 3.91. The Bertz CT molecular complexity index is 1290. The molecular formula is C23H18N4O. The van der Waals surface area contributed by atoms with Crippen molar-refractivity contribution in [2.24, 2.45) is 0 Å². The van der Waals surface area contributed by atoms with Crippen molar-refractivity contribution in [1.29, 1.82) is 0 Å². The van der Waals surface area contributed by atoms with Crippen LogP contribution in [0, 0.1) is 6.92 Å². The van der Waals surface area contributed by atoms with E-state index in [-0.39, 0.29) is 0 Å². The summed E-state index contributed by atoms with van der Waals surface area (Å²) in [6.07, 6.45) is 0. The number of nitrogens with zero attached hydrogens (tertiary/aromatic N) is 2. The highest BCUT2D eigenvalue weighted by Gasteiger charge is 2.11. The zero-order valence-corrected chi connectivity index (χ0v) is 15.3. The maximum atomic E-state index is 6.04. The standard InChI is InChI=1S/C23H18N4O/c1-15-7-6-9-17(13-15)28-21-14-16-8-2-3-10-18(16)22(24-21)25-23-19-11-4-5-12-20(19)26-27-23/h2-14H,1H3,(H2,24,25,26,27). The highest BCUT2D eigenvalue weighted by Crippen LogP contribution is 2.32. The molecule has 2 aromatic heterocycles. The van der Waals surface area contributed by atoms with E-state index >= 15 is 0 Å². The number of hydrogen-bond donors (Lipinski definition) is 2. The smallest absolute Gasteiger partial charge is 0.221 e. The highest BCUT2D eigenvalue weighted by molar-refractivity contribution is 5.97. The first-order valence-corrected chi connectivity index (χ1v) is 9.11. The molecule has 0 aliphatic carbocycles. The molecule has 5 heteroatoms. The highest BCUT2D eigenvalue weighted by atomic mass is 16.5. The van der Waals surface area contributed by atoms with Crippen LogP contribution in [-0.2, 0) is 0 Å². The quantitative estimate of drug-likeness (QED) is 0.412. The van der Waals surface area contributed by atoms with Crippen molar-refractivity contribution in [1.82, 2.24) is 15.2 Å². The molecule has 0 bridgehead atoms. The van der Waals surface area contributed by atoms with Gasteiger partial charge in [0.2, 0.25) is 5.88 Å². The molecule has 0 amide bonds. The summed E-state index contributed by atoms with van der Waals surface area (Å²) in [5, 5.41) is 13.9. The van der Waals surface area contributed by atoms with Gasteiger partial charge in [-0.15, -0.1) is 0 Å². The molecule has 5 rings (SSSR count). The van der Waals surface area contributed by atoms with Crippen LogP contribution in [0.1, 0.15) is 5.56 Å². The zero-order valence-electron chi connectivity index (χ0n) is 15.3. The number of pyridine rings is 1. The Labute approximate surface area is 162 Å². The lowest BCUT2D eigenvalue weighted by molar-refractivity contribution is 0.464. The molecule has 0 unspecified atom stereocenters. The molecular weight excluding hydrogens is 348 g/mol. The molecule has 0 aliphatic rings. The van der Waals surface area contributed by atoms with Gasteiger partial charge in [-0.05, 0) is 42.1 Å². The van der Waals surface area contributed by atoms with E-state index in [1.54, 1.807) is 0 Å². The van der Waals surface area contributed by atoms with Crippen molar-refractivity contribution in [3.05, 3.63) is 84.4 Å². The second-order valence-corrected chi connectivity index (χ2v) is 6.69. The molecule has 136 valence electrons. The molecule has 0 radical (unpaired) electrons. The van der Waals surface area contributed by atoms with Gasteiger partial charge in [0, 0.05) is 16.8 Å². The molecule has 0 saturated heterocycles. The molecule has 0 saturated carbocycles. The molecule has 0 spiro atoms. The minimum Gasteiger partial charge on any atom is -0.439 e. The van der Waals surface area contributed by atoms with E-state index in [0.29, 0.717) is 11.7 Å². The monoisotopic (exact) mass is 366 g/mol. The normalized spacial score (nSPS) is 11.0. The summed E-state index contributed by atoms with van der Waals surface area (Å²) in [5.74, 6) is 2.74. The Morgan fingerprint density at radius 2 is 1.64 bits per heavy atom. The van der Waals surface area contributed by atoms with Crippen LogP contribution in [0.25, 0.3) is 21.7 Å². The summed E-state index contributed by atoms with van der Waals surface area (Å²) in [6.45, 7) is 2.04. The van der Waals surface area contributed by atoms with Crippen LogP contribution in [0.4, 0.5) is 11.6 Å². The first-order chi connectivity index (χ1) is 13.8. The van der Waals surface area contributed by atoms with Crippen LogP contribution in [0.5, 0.6) is 11.6 Å². The zero-order chi connectivity index (χ0) is 18.9. The second-order valence-electron chi connectivity index (χ2n) is 6.69. The van der Waals surface area contributed by atoms with Crippen molar-refractivity contribution >= 4 is 33.3 Å². The summed E-state index contributed by atoms with van der Waals surface area (Å²) in [7, 11) is 0. The van der Waals surface area contributed by atoms with E-state index < -0.39 is 0 Å². The number of H-pyrrole nitrogens is 1. The summed E-state index contributed by atoms with van der Waals surface area (Å²) >= 11 is 0. The van der Waals surface area contributed by atoms with Crippen LogP contribution in [-0.4, -0.2) is 15.2 Å². The molecule has 0 atom stereocenters. The van der Waals surface area contributed by atoms with Crippen LogP contribution in [0.15, 0.2) is 78.9 Å². The third-order valence-corrected chi connectivity index (χ3v) is 4.64. The summed E-state index contributed by atoms with van der Waals surface area (Å²) in [5.41, 5.74) is 2.11. The fraction of sp³-hybridized carbons (Fsp3) is 0.0435. The van der Waals surface area contributed by atoms with Crippen LogP contribution < -0.4 is 10.1 Å². The average Bonchev–Trinajstić information content (AvgIpc) is 3.11. The van der Waals surface area contributed by atoms with E-state index in [2.05, 4.69) is 15.5 Å². The van der Waals surface area contributed by atoms with Gasteiger partial charge in [0.05, 0.1) is 5.52 Å². The number of rotatable bonds is 4. The van der Waals surface area contributed by atoms with Gasteiger partial charge >= 0.3 is 0 Å². The first kappa shape index (κ1) is 16.3. The minimum absolute atomic E-state index is 0.534. The van der Waals surface area contributed by atoms with Crippen molar-refractivity contribution in [2.75, 3.05) is 5.32 Å². The predicted octanol–water partition coefficient (Wildman–Crippen LogP) is 5.96. The average molecular weight is 366 g/mol. The third kappa shape index (κ3) is 3.03. The molecule has 5 nitrogen and oxygen atoms in total. The van der Waals surface area contributed by atoms with Gasteiger partial charge < -0.3 is 10.1 Å². The van der Waals surface area contributed by atoms with Gasteiger partial charge in [-0.1, -0.05) is 48.5 Å². The summed E-state index contributed by atoms with van der Waals surface area (Å²) in [6, 6.07) is 26.0. The predicted molar refractivity (Wildman–Crippen MR) is 112 cm³/mol. The first-order valence-electron chi connectivity index (χ1n) is 9.11. The SMILES string of the molecule is Cc1cccc(Oc2cc3ccccc3c(Nc3n[nH]c4ccccc34)n2)c1. The number of para-hydroxylation sites is 1. The largest absolute Gasteiger partial charge is 0.439 e. The number of aromatic nitrogens is 3. The summed E-state index contributed by atoms with van der Waals surface area (Å²) in [4.78, 5) is 4.72. The number of nitrogens with one attached hydrogen (secondary N) is 2. The molecule has 0 fully saturated rings. The van der Waals surface area contributed by atoms with Crippen molar-refractivity contribution in [3.8, 4) is 11.6 Å². The Morgan fingerprint density at radius 3 is 2.54 bits per heavy atom. The lowest BCUT2D eigenvalue weighted by Gasteiger charge is -2.11. The maximum Gasteiger partial charge on any atom is 0.221 e. The van der Waals surface area contributed by atoms with Gasteiger partial charge in [0.25, 0.3) is 0 Å². The fourth-order valence-corrected chi connectivity index (χ4v) is 3.29. The van der Waals surface area contributed by atoms with Crippen molar-refractivity contribution in [3.63, 3.8) is 0 Å². The van der Waals surface area contributed by atoms with Crippen molar-refractivity contribution < 1.29 is 4.74 Å². The van der Waals surface area contributed by atoms with E-state index in [9.17, 15) is 0 Å². The van der Waals surface area contributed by atoms with Crippen LogP contribution in [0.2, 0.25) is 0 Å². The van der Waals surface area contributed by atoms with Crippen LogP contribution in [0.3, 0.4) is 0 Å². The van der Waals surface area contributed by atoms with Gasteiger partial charge in [0.15, 0.2) is 5.82 Å². The molecule has 3 aromatic carbocycles.